The third-order valence-electron chi connectivity index (χ3n) is 2.70. The summed E-state index contributed by atoms with van der Waals surface area (Å²) in [7, 11) is 0. The molecule has 2 aromatic rings. The summed E-state index contributed by atoms with van der Waals surface area (Å²) < 4.78 is 5.78. The van der Waals surface area contributed by atoms with Crippen molar-refractivity contribution in [3.05, 3.63) is 35.0 Å². The maximum atomic E-state index is 5.93. The van der Waals surface area contributed by atoms with Crippen LogP contribution in [-0.4, -0.2) is 0 Å². The lowest BCUT2D eigenvalue weighted by Gasteiger charge is -2.04. The SMILES string of the molecule is CCCC(C)c1cc2cc(Cl)ccc2o1. The molecule has 1 atom stereocenters. The maximum absolute atomic E-state index is 5.93. The highest BCUT2D eigenvalue weighted by Crippen LogP contribution is 2.29. The van der Waals surface area contributed by atoms with Crippen LogP contribution < -0.4 is 0 Å². The topological polar surface area (TPSA) is 13.1 Å². The lowest BCUT2D eigenvalue weighted by atomic mass is 10.0. The monoisotopic (exact) mass is 222 g/mol. The van der Waals surface area contributed by atoms with E-state index in [1.54, 1.807) is 0 Å². The molecule has 0 saturated carbocycles. The Hall–Kier alpha value is -0.950. The Labute approximate surface area is 95.0 Å². The van der Waals surface area contributed by atoms with Crippen molar-refractivity contribution in [2.45, 2.75) is 32.6 Å². The second-order valence-corrected chi connectivity index (χ2v) is 4.46. The normalized spacial score (nSPS) is 13.3. The zero-order valence-corrected chi connectivity index (χ0v) is 9.84. The molecule has 0 amide bonds. The molecule has 1 unspecified atom stereocenters. The summed E-state index contributed by atoms with van der Waals surface area (Å²) in [4.78, 5) is 0. The molecule has 0 aliphatic carbocycles. The van der Waals surface area contributed by atoms with Crippen molar-refractivity contribution >= 4 is 22.6 Å². The van der Waals surface area contributed by atoms with Gasteiger partial charge in [-0.25, -0.2) is 0 Å². The Morgan fingerprint density at radius 3 is 2.87 bits per heavy atom. The lowest BCUT2D eigenvalue weighted by Crippen LogP contribution is -1.88. The van der Waals surface area contributed by atoms with E-state index in [4.69, 9.17) is 16.0 Å². The van der Waals surface area contributed by atoms with Crippen LogP contribution in [0.2, 0.25) is 5.02 Å². The van der Waals surface area contributed by atoms with Crippen LogP contribution in [0.25, 0.3) is 11.0 Å². The Bertz CT molecular complexity index is 459. The van der Waals surface area contributed by atoms with Gasteiger partial charge in [0.15, 0.2) is 0 Å². The fourth-order valence-corrected chi connectivity index (χ4v) is 2.03. The summed E-state index contributed by atoms with van der Waals surface area (Å²) in [6.45, 7) is 4.39. The highest BCUT2D eigenvalue weighted by atomic mass is 35.5. The van der Waals surface area contributed by atoms with Crippen LogP contribution in [0.1, 0.15) is 38.4 Å². The summed E-state index contributed by atoms with van der Waals surface area (Å²) in [5, 5.41) is 1.86. The Morgan fingerprint density at radius 2 is 2.13 bits per heavy atom. The molecule has 1 heterocycles. The fraction of sp³-hybridized carbons (Fsp3) is 0.385. The highest BCUT2D eigenvalue weighted by Gasteiger charge is 2.10. The van der Waals surface area contributed by atoms with E-state index in [1.807, 2.05) is 18.2 Å². The number of fused-ring (bicyclic) bond motifs is 1. The van der Waals surface area contributed by atoms with E-state index < -0.39 is 0 Å². The van der Waals surface area contributed by atoms with Crippen LogP contribution in [0.3, 0.4) is 0 Å². The van der Waals surface area contributed by atoms with Gasteiger partial charge in [-0.2, -0.15) is 0 Å². The largest absolute Gasteiger partial charge is 0.461 e. The number of furan rings is 1. The van der Waals surface area contributed by atoms with E-state index in [0.29, 0.717) is 5.92 Å². The van der Waals surface area contributed by atoms with Gasteiger partial charge in [0, 0.05) is 16.3 Å². The van der Waals surface area contributed by atoms with Gasteiger partial charge in [0.2, 0.25) is 0 Å². The first-order chi connectivity index (χ1) is 7.20. The molecule has 15 heavy (non-hydrogen) atoms. The quantitative estimate of drug-likeness (QED) is 0.713. The standard InChI is InChI=1S/C13H15ClO/c1-3-4-9(2)13-8-10-7-11(14)5-6-12(10)15-13/h5-9H,3-4H2,1-2H3. The molecular formula is C13H15ClO. The van der Waals surface area contributed by atoms with Crippen molar-refractivity contribution in [3.8, 4) is 0 Å². The highest BCUT2D eigenvalue weighted by molar-refractivity contribution is 6.31. The molecule has 0 spiro atoms. The smallest absolute Gasteiger partial charge is 0.134 e. The molecule has 80 valence electrons. The van der Waals surface area contributed by atoms with E-state index in [-0.39, 0.29) is 0 Å². The zero-order valence-electron chi connectivity index (χ0n) is 9.09. The van der Waals surface area contributed by atoms with Crippen LogP contribution in [-0.2, 0) is 0 Å². The third-order valence-corrected chi connectivity index (χ3v) is 2.94. The number of rotatable bonds is 3. The van der Waals surface area contributed by atoms with Crippen molar-refractivity contribution in [3.63, 3.8) is 0 Å². The van der Waals surface area contributed by atoms with Gasteiger partial charge in [0.1, 0.15) is 11.3 Å². The van der Waals surface area contributed by atoms with Crippen LogP contribution >= 0.6 is 11.6 Å². The zero-order chi connectivity index (χ0) is 10.8. The first kappa shape index (κ1) is 10.6. The summed E-state index contributed by atoms with van der Waals surface area (Å²) in [5.74, 6) is 1.55. The fourth-order valence-electron chi connectivity index (χ4n) is 1.85. The van der Waals surface area contributed by atoms with Crippen LogP contribution in [0.5, 0.6) is 0 Å². The molecule has 0 saturated heterocycles. The van der Waals surface area contributed by atoms with Gasteiger partial charge < -0.3 is 4.42 Å². The molecule has 2 heteroatoms. The average molecular weight is 223 g/mol. The molecule has 1 aromatic heterocycles. The number of halogens is 1. The van der Waals surface area contributed by atoms with Gasteiger partial charge >= 0.3 is 0 Å². The Morgan fingerprint density at radius 1 is 1.33 bits per heavy atom. The summed E-state index contributed by atoms with van der Waals surface area (Å²) >= 11 is 5.93. The average Bonchev–Trinajstić information content (AvgIpc) is 2.60. The predicted molar refractivity (Wildman–Crippen MR) is 64.5 cm³/mol. The van der Waals surface area contributed by atoms with Crippen molar-refractivity contribution < 1.29 is 4.42 Å². The molecule has 2 rings (SSSR count). The Kier molecular flexibility index (Phi) is 3.01. The second-order valence-electron chi connectivity index (χ2n) is 4.02. The number of benzene rings is 1. The Balaban J connectivity index is 2.38. The minimum Gasteiger partial charge on any atom is -0.461 e. The second kappa shape index (κ2) is 4.28. The van der Waals surface area contributed by atoms with Gasteiger partial charge in [0.05, 0.1) is 0 Å². The maximum Gasteiger partial charge on any atom is 0.134 e. The van der Waals surface area contributed by atoms with Gasteiger partial charge in [-0.3, -0.25) is 0 Å². The first-order valence-electron chi connectivity index (χ1n) is 5.39. The van der Waals surface area contributed by atoms with E-state index in [1.165, 1.54) is 6.42 Å². The van der Waals surface area contributed by atoms with Crippen LogP contribution in [0.15, 0.2) is 28.7 Å². The van der Waals surface area contributed by atoms with Crippen molar-refractivity contribution in [1.29, 1.82) is 0 Å². The van der Waals surface area contributed by atoms with Crippen molar-refractivity contribution in [2.75, 3.05) is 0 Å². The predicted octanol–water partition coefficient (Wildman–Crippen LogP) is 4.99. The van der Waals surface area contributed by atoms with Crippen LogP contribution in [0, 0.1) is 0 Å². The molecule has 1 nitrogen and oxygen atoms in total. The van der Waals surface area contributed by atoms with E-state index >= 15 is 0 Å². The minimum atomic E-state index is 0.487. The van der Waals surface area contributed by atoms with Crippen molar-refractivity contribution in [1.82, 2.24) is 0 Å². The van der Waals surface area contributed by atoms with Crippen LogP contribution in [0.4, 0.5) is 0 Å². The van der Waals surface area contributed by atoms with Gasteiger partial charge in [-0.1, -0.05) is 31.9 Å². The summed E-state index contributed by atoms with van der Waals surface area (Å²) in [5.41, 5.74) is 0.928. The molecule has 0 aliphatic heterocycles. The molecule has 0 N–H and O–H groups in total. The summed E-state index contributed by atoms with van der Waals surface area (Å²) in [6.07, 6.45) is 2.34. The molecule has 1 aromatic carbocycles. The number of hydrogen-bond acceptors (Lipinski definition) is 1. The summed E-state index contributed by atoms with van der Waals surface area (Å²) in [6, 6.07) is 7.84. The molecular weight excluding hydrogens is 208 g/mol. The number of hydrogen-bond donors (Lipinski definition) is 0. The first-order valence-corrected chi connectivity index (χ1v) is 5.77. The van der Waals surface area contributed by atoms with Gasteiger partial charge in [-0.15, -0.1) is 0 Å². The van der Waals surface area contributed by atoms with Gasteiger partial charge in [-0.05, 0) is 30.7 Å². The lowest BCUT2D eigenvalue weighted by molar-refractivity contribution is 0.486. The molecule has 0 aliphatic rings. The third kappa shape index (κ3) is 2.18. The van der Waals surface area contributed by atoms with Gasteiger partial charge in [0.25, 0.3) is 0 Å². The van der Waals surface area contributed by atoms with E-state index in [0.717, 1.165) is 28.2 Å². The molecule has 0 bridgehead atoms. The van der Waals surface area contributed by atoms with E-state index in [9.17, 15) is 0 Å². The molecule has 0 radical (unpaired) electrons. The minimum absolute atomic E-state index is 0.487. The van der Waals surface area contributed by atoms with E-state index in [2.05, 4.69) is 19.9 Å². The van der Waals surface area contributed by atoms with Crippen molar-refractivity contribution in [2.24, 2.45) is 0 Å². The molecule has 0 fully saturated rings.